The molecular weight excluding hydrogens is 314 g/mol. The maximum absolute atomic E-state index is 11.8. The van der Waals surface area contributed by atoms with Gasteiger partial charge in [0.05, 0.1) is 11.8 Å². The van der Waals surface area contributed by atoms with Crippen molar-refractivity contribution in [3.8, 4) is 17.3 Å². The van der Waals surface area contributed by atoms with Crippen molar-refractivity contribution in [1.29, 1.82) is 5.26 Å². The van der Waals surface area contributed by atoms with Crippen molar-refractivity contribution >= 4 is 11.9 Å². The maximum atomic E-state index is 11.8. The van der Waals surface area contributed by atoms with Crippen molar-refractivity contribution in [2.24, 2.45) is 0 Å². The number of aromatic nitrogens is 2. The van der Waals surface area contributed by atoms with Gasteiger partial charge in [0.2, 0.25) is 5.95 Å². The summed E-state index contributed by atoms with van der Waals surface area (Å²) in [6, 6.07) is 10.6. The molecule has 0 aliphatic carbocycles. The third kappa shape index (κ3) is 4.88. The van der Waals surface area contributed by atoms with Crippen LogP contribution in [-0.4, -0.2) is 22.4 Å². The fourth-order valence-electron chi connectivity index (χ4n) is 2.01. The summed E-state index contributed by atoms with van der Waals surface area (Å²) in [5.41, 5.74) is 2.77. The van der Waals surface area contributed by atoms with Crippen molar-refractivity contribution in [1.82, 2.24) is 15.3 Å². The number of nitriles is 1. The van der Waals surface area contributed by atoms with Gasteiger partial charge in [-0.25, -0.2) is 9.97 Å². The van der Waals surface area contributed by atoms with E-state index in [9.17, 15) is 4.79 Å². The van der Waals surface area contributed by atoms with E-state index in [0.29, 0.717) is 17.2 Å². The summed E-state index contributed by atoms with van der Waals surface area (Å²) in [5, 5.41) is 14.0. The van der Waals surface area contributed by atoms with Crippen LogP contribution in [0.25, 0.3) is 11.3 Å². The number of anilines is 1. The molecule has 1 heterocycles. The van der Waals surface area contributed by atoms with Gasteiger partial charge < -0.3 is 10.6 Å². The lowest BCUT2D eigenvalue weighted by Crippen LogP contribution is -2.23. The van der Waals surface area contributed by atoms with E-state index in [1.54, 1.807) is 54.8 Å². The quantitative estimate of drug-likeness (QED) is 0.601. The van der Waals surface area contributed by atoms with E-state index in [-0.39, 0.29) is 12.5 Å². The molecule has 0 radical (unpaired) electrons. The van der Waals surface area contributed by atoms with E-state index in [1.165, 1.54) is 0 Å². The topological polar surface area (TPSA) is 90.7 Å². The summed E-state index contributed by atoms with van der Waals surface area (Å²) in [7, 11) is 0. The van der Waals surface area contributed by atoms with Crippen molar-refractivity contribution in [3.05, 3.63) is 79.2 Å². The summed E-state index contributed by atoms with van der Waals surface area (Å²) in [6.45, 7) is 7.33. The summed E-state index contributed by atoms with van der Waals surface area (Å²) in [5.74, 6) is 0.143. The Balaban J connectivity index is 2.19. The second-order valence-electron chi connectivity index (χ2n) is 4.87. The smallest absolute Gasteiger partial charge is 0.252 e. The molecule has 0 unspecified atom stereocenters. The van der Waals surface area contributed by atoms with Crippen molar-refractivity contribution in [2.75, 3.05) is 11.9 Å². The molecule has 1 amide bonds. The van der Waals surface area contributed by atoms with Gasteiger partial charge in [0.1, 0.15) is 6.54 Å². The molecule has 0 bridgehead atoms. The van der Waals surface area contributed by atoms with Gasteiger partial charge >= 0.3 is 0 Å². The molecule has 0 spiro atoms. The molecule has 1 aromatic carbocycles. The Morgan fingerprint density at radius 1 is 1.24 bits per heavy atom. The minimum atomic E-state index is -0.289. The minimum absolute atomic E-state index is 0.0224. The molecule has 6 heteroatoms. The van der Waals surface area contributed by atoms with Crippen LogP contribution in [0.4, 0.5) is 5.95 Å². The van der Waals surface area contributed by atoms with E-state index in [4.69, 9.17) is 5.26 Å². The minimum Gasteiger partial charge on any atom is -0.339 e. The molecule has 25 heavy (non-hydrogen) atoms. The first-order valence-corrected chi connectivity index (χ1v) is 7.48. The lowest BCUT2D eigenvalue weighted by Gasteiger charge is -2.07. The Labute approximate surface area is 146 Å². The van der Waals surface area contributed by atoms with Crippen LogP contribution in [0.2, 0.25) is 0 Å². The van der Waals surface area contributed by atoms with Gasteiger partial charge in [-0.3, -0.25) is 4.79 Å². The van der Waals surface area contributed by atoms with Crippen LogP contribution in [0, 0.1) is 11.3 Å². The van der Waals surface area contributed by atoms with E-state index in [2.05, 4.69) is 33.8 Å². The van der Waals surface area contributed by atoms with Crippen molar-refractivity contribution < 1.29 is 4.79 Å². The van der Waals surface area contributed by atoms with Gasteiger partial charge in [-0.05, 0) is 30.4 Å². The number of carbonyl (C=O) groups is 1. The number of nitrogens with zero attached hydrogens (tertiary/aromatic N) is 3. The summed E-state index contributed by atoms with van der Waals surface area (Å²) < 4.78 is 0. The Bertz CT molecular complexity index is 847. The average molecular weight is 331 g/mol. The van der Waals surface area contributed by atoms with Gasteiger partial charge in [-0.2, -0.15) is 5.26 Å². The fourth-order valence-corrected chi connectivity index (χ4v) is 2.01. The molecule has 1 aromatic heterocycles. The predicted octanol–water partition coefficient (Wildman–Crippen LogP) is 3.06. The number of allylic oxidation sites excluding steroid dienone is 3. The highest BCUT2D eigenvalue weighted by atomic mass is 16.1. The number of amides is 1. The predicted molar refractivity (Wildman–Crippen MR) is 97.5 cm³/mol. The van der Waals surface area contributed by atoms with Crippen LogP contribution < -0.4 is 10.6 Å². The number of rotatable bonds is 7. The van der Waals surface area contributed by atoms with Gasteiger partial charge in [0.15, 0.2) is 0 Å². The zero-order valence-electron chi connectivity index (χ0n) is 13.6. The molecule has 0 saturated carbocycles. The Morgan fingerprint density at radius 3 is 2.64 bits per heavy atom. The van der Waals surface area contributed by atoms with Gasteiger partial charge in [-0.15, -0.1) is 0 Å². The second kappa shape index (κ2) is 8.79. The number of nitrogens with one attached hydrogen (secondary N) is 2. The van der Waals surface area contributed by atoms with Crippen LogP contribution in [0.5, 0.6) is 0 Å². The summed E-state index contributed by atoms with van der Waals surface area (Å²) in [6.07, 6.45) is 6.70. The number of carbonyl (C=O) groups excluding carboxylic acids is 1. The standard InChI is InChI=1S/C19H17N5O/c1-3-5-16(4-2)23-19-22-12-10-17(24-19)14-6-8-15(9-7-14)18(25)21-13-11-20/h3-10,12H,1-2,13H2,(H,21,25)(H,22,23,24)/b16-5+. The summed E-state index contributed by atoms with van der Waals surface area (Å²) in [4.78, 5) is 20.4. The molecule has 0 aliphatic rings. The highest BCUT2D eigenvalue weighted by Gasteiger charge is 2.07. The largest absolute Gasteiger partial charge is 0.339 e. The lowest BCUT2D eigenvalue weighted by atomic mass is 10.1. The van der Waals surface area contributed by atoms with E-state index in [0.717, 1.165) is 11.3 Å². The zero-order valence-corrected chi connectivity index (χ0v) is 13.6. The molecule has 0 fully saturated rings. The molecule has 124 valence electrons. The first kappa shape index (κ1) is 17.6. The molecule has 0 atom stereocenters. The van der Waals surface area contributed by atoms with Crippen LogP contribution in [0.3, 0.4) is 0 Å². The summed E-state index contributed by atoms with van der Waals surface area (Å²) >= 11 is 0. The van der Waals surface area contributed by atoms with Gasteiger partial charge in [0.25, 0.3) is 5.91 Å². The van der Waals surface area contributed by atoms with E-state index < -0.39 is 0 Å². The van der Waals surface area contributed by atoms with Crippen molar-refractivity contribution in [2.45, 2.75) is 0 Å². The molecular formula is C19H17N5O. The van der Waals surface area contributed by atoms with Gasteiger partial charge in [-0.1, -0.05) is 31.4 Å². The highest BCUT2D eigenvalue weighted by molar-refractivity contribution is 5.94. The number of hydrogen-bond donors (Lipinski definition) is 2. The highest BCUT2D eigenvalue weighted by Crippen LogP contribution is 2.19. The molecule has 2 aromatic rings. The average Bonchev–Trinajstić information content (AvgIpc) is 2.66. The molecule has 2 N–H and O–H groups in total. The SMILES string of the molecule is C=C/C=C(\C=C)Nc1nccc(-c2ccc(C(=O)NCC#N)cc2)n1. The Kier molecular flexibility index (Phi) is 6.20. The molecule has 2 rings (SSSR count). The van der Waals surface area contributed by atoms with Gasteiger partial charge in [0, 0.05) is 23.0 Å². The molecule has 0 aliphatic heterocycles. The lowest BCUT2D eigenvalue weighted by molar-refractivity contribution is 0.0958. The van der Waals surface area contributed by atoms with E-state index >= 15 is 0 Å². The molecule has 0 saturated heterocycles. The maximum Gasteiger partial charge on any atom is 0.252 e. The second-order valence-corrected chi connectivity index (χ2v) is 4.87. The van der Waals surface area contributed by atoms with Crippen LogP contribution in [0.1, 0.15) is 10.4 Å². The molecule has 6 nitrogen and oxygen atoms in total. The number of benzene rings is 1. The monoisotopic (exact) mass is 331 g/mol. The first-order chi connectivity index (χ1) is 12.2. The van der Waals surface area contributed by atoms with Crippen molar-refractivity contribution in [3.63, 3.8) is 0 Å². The Morgan fingerprint density at radius 2 is 2.00 bits per heavy atom. The number of hydrogen-bond acceptors (Lipinski definition) is 5. The van der Waals surface area contributed by atoms with Crippen LogP contribution in [0.15, 0.2) is 73.6 Å². The van der Waals surface area contributed by atoms with Crippen LogP contribution >= 0.6 is 0 Å². The fraction of sp³-hybridized carbons (Fsp3) is 0.0526. The normalized spacial score (nSPS) is 10.4. The zero-order chi connectivity index (χ0) is 18.1. The third-order valence-corrected chi connectivity index (χ3v) is 3.20. The first-order valence-electron chi connectivity index (χ1n) is 7.48. The van der Waals surface area contributed by atoms with Crippen LogP contribution in [-0.2, 0) is 0 Å². The Hall–Kier alpha value is -3.72. The third-order valence-electron chi connectivity index (χ3n) is 3.20. The van der Waals surface area contributed by atoms with E-state index in [1.807, 2.05) is 6.07 Å².